The minimum atomic E-state index is -3.40. The predicted octanol–water partition coefficient (Wildman–Crippen LogP) is 0.767. The number of hydrogen-bond donors (Lipinski definition) is 1. The highest BCUT2D eigenvalue weighted by molar-refractivity contribution is 7.89. The van der Waals surface area contributed by atoms with E-state index >= 15 is 0 Å². The molecule has 1 N–H and O–H groups in total. The minimum Gasteiger partial charge on any atom is -0.359 e. The third-order valence-electron chi connectivity index (χ3n) is 2.05. The molecule has 0 amide bonds. The van der Waals surface area contributed by atoms with Crippen molar-refractivity contribution in [1.82, 2.24) is 9.29 Å². The molecule has 92 valence electrons. The van der Waals surface area contributed by atoms with Crippen LogP contribution in [0.15, 0.2) is 23.2 Å². The van der Waals surface area contributed by atoms with Gasteiger partial charge in [0.25, 0.3) is 0 Å². The highest BCUT2D eigenvalue weighted by Gasteiger charge is 2.16. The van der Waals surface area contributed by atoms with Crippen LogP contribution in [-0.2, 0) is 10.0 Å². The first-order valence-electron chi connectivity index (χ1n) is 5.00. The Morgan fingerprint density at radius 1 is 1.41 bits per heavy atom. The highest BCUT2D eigenvalue weighted by Crippen LogP contribution is 2.13. The molecule has 0 bridgehead atoms. The summed E-state index contributed by atoms with van der Waals surface area (Å²) in [5, 5.41) is 2.96. The Balaban J connectivity index is 2.84. The number of nitrogens with zero attached hydrogens (tertiary/aromatic N) is 2. The van der Waals surface area contributed by atoms with Crippen molar-refractivity contribution in [2.24, 2.45) is 0 Å². The van der Waals surface area contributed by atoms with E-state index in [1.54, 1.807) is 13.0 Å². The Morgan fingerprint density at radius 2 is 2.12 bits per heavy atom. The van der Waals surface area contributed by atoms with E-state index in [-0.39, 0.29) is 4.90 Å². The summed E-state index contributed by atoms with van der Waals surface area (Å²) in [5.41, 5.74) is 0. The van der Waals surface area contributed by atoms with Crippen LogP contribution < -0.4 is 5.32 Å². The molecule has 0 fully saturated rings. The maximum atomic E-state index is 11.7. The van der Waals surface area contributed by atoms with E-state index in [0.29, 0.717) is 12.4 Å². The Kier molecular flexibility index (Phi) is 4.49. The molecule has 0 aliphatic rings. The van der Waals surface area contributed by atoms with Crippen LogP contribution in [0.5, 0.6) is 0 Å². The van der Waals surface area contributed by atoms with E-state index in [4.69, 9.17) is 0 Å². The summed E-state index contributed by atoms with van der Waals surface area (Å²) in [6, 6.07) is 3.14. The molecule has 0 saturated heterocycles. The SMILES string of the molecule is CC#CCNc1ccc(S(=O)(=O)N(C)C)cn1. The Hall–Kier alpha value is -1.58. The lowest BCUT2D eigenvalue weighted by Crippen LogP contribution is -2.22. The number of sulfonamides is 1. The van der Waals surface area contributed by atoms with Crippen molar-refractivity contribution in [2.45, 2.75) is 11.8 Å². The van der Waals surface area contributed by atoms with Crippen LogP contribution >= 0.6 is 0 Å². The molecule has 0 radical (unpaired) electrons. The van der Waals surface area contributed by atoms with E-state index < -0.39 is 10.0 Å². The van der Waals surface area contributed by atoms with Gasteiger partial charge in [-0.1, -0.05) is 5.92 Å². The second-order valence-corrected chi connectivity index (χ2v) is 5.60. The van der Waals surface area contributed by atoms with Gasteiger partial charge in [-0.25, -0.2) is 17.7 Å². The van der Waals surface area contributed by atoms with Gasteiger partial charge in [0.15, 0.2) is 0 Å². The van der Waals surface area contributed by atoms with Crippen LogP contribution in [0.1, 0.15) is 6.92 Å². The number of nitrogens with one attached hydrogen (secondary N) is 1. The molecule has 1 aromatic heterocycles. The molecule has 0 unspecified atom stereocenters. The van der Waals surface area contributed by atoms with E-state index in [9.17, 15) is 8.42 Å². The van der Waals surface area contributed by atoms with Crippen LogP contribution in [0.2, 0.25) is 0 Å². The molecule has 1 heterocycles. The first kappa shape index (κ1) is 13.5. The lowest BCUT2D eigenvalue weighted by atomic mass is 10.4. The predicted molar refractivity (Wildman–Crippen MR) is 67.0 cm³/mol. The molecular weight excluding hydrogens is 238 g/mol. The summed E-state index contributed by atoms with van der Waals surface area (Å²) >= 11 is 0. The lowest BCUT2D eigenvalue weighted by Gasteiger charge is -2.11. The smallest absolute Gasteiger partial charge is 0.244 e. The zero-order valence-electron chi connectivity index (χ0n) is 10.1. The average Bonchev–Trinajstić information content (AvgIpc) is 2.30. The van der Waals surface area contributed by atoms with Crippen LogP contribution in [0.4, 0.5) is 5.82 Å². The third kappa shape index (κ3) is 3.44. The van der Waals surface area contributed by atoms with E-state index in [1.807, 2.05) is 0 Å². The molecular formula is C11H15N3O2S. The maximum absolute atomic E-state index is 11.7. The van der Waals surface area contributed by atoms with Gasteiger partial charge in [0.1, 0.15) is 10.7 Å². The maximum Gasteiger partial charge on any atom is 0.244 e. The zero-order chi connectivity index (χ0) is 12.9. The Bertz CT molecular complexity index is 524. The lowest BCUT2D eigenvalue weighted by molar-refractivity contribution is 0.520. The first-order valence-corrected chi connectivity index (χ1v) is 6.44. The van der Waals surface area contributed by atoms with E-state index in [1.165, 1.54) is 26.4 Å². The molecule has 0 saturated carbocycles. The second kappa shape index (κ2) is 5.66. The fourth-order valence-corrected chi connectivity index (χ4v) is 1.92. The van der Waals surface area contributed by atoms with Gasteiger partial charge in [-0.3, -0.25) is 0 Å². The molecule has 0 aliphatic heterocycles. The number of rotatable bonds is 4. The summed E-state index contributed by atoms with van der Waals surface area (Å²) in [6.45, 7) is 2.24. The van der Waals surface area contributed by atoms with Gasteiger partial charge in [-0.2, -0.15) is 0 Å². The van der Waals surface area contributed by atoms with Crippen molar-refractivity contribution >= 4 is 15.8 Å². The Morgan fingerprint density at radius 3 is 2.59 bits per heavy atom. The van der Waals surface area contributed by atoms with Gasteiger partial charge >= 0.3 is 0 Å². The van der Waals surface area contributed by atoms with Gasteiger partial charge in [0, 0.05) is 20.3 Å². The van der Waals surface area contributed by atoms with Crippen LogP contribution in [0, 0.1) is 11.8 Å². The van der Waals surface area contributed by atoms with Gasteiger partial charge in [-0.05, 0) is 19.1 Å². The summed E-state index contributed by atoms with van der Waals surface area (Å²) in [4.78, 5) is 4.19. The van der Waals surface area contributed by atoms with Gasteiger partial charge in [-0.15, -0.1) is 5.92 Å². The largest absolute Gasteiger partial charge is 0.359 e. The van der Waals surface area contributed by atoms with Crippen molar-refractivity contribution in [3.63, 3.8) is 0 Å². The van der Waals surface area contributed by atoms with Gasteiger partial charge < -0.3 is 5.32 Å². The molecule has 0 aromatic carbocycles. The number of aromatic nitrogens is 1. The fourth-order valence-electron chi connectivity index (χ4n) is 1.07. The zero-order valence-corrected chi connectivity index (χ0v) is 10.9. The molecule has 0 atom stereocenters. The second-order valence-electron chi connectivity index (χ2n) is 3.45. The number of anilines is 1. The molecule has 5 nitrogen and oxygen atoms in total. The molecule has 6 heteroatoms. The molecule has 1 rings (SSSR count). The highest BCUT2D eigenvalue weighted by atomic mass is 32.2. The van der Waals surface area contributed by atoms with Crippen molar-refractivity contribution in [3.05, 3.63) is 18.3 Å². The average molecular weight is 253 g/mol. The molecule has 0 spiro atoms. The van der Waals surface area contributed by atoms with Crippen molar-refractivity contribution in [1.29, 1.82) is 0 Å². The summed E-state index contributed by atoms with van der Waals surface area (Å²) < 4.78 is 24.6. The Labute approximate surface area is 102 Å². The fraction of sp³-hybridized carbons (Fsp3) is 0.364. The van der Waals surface area contributed by atoms with Gasteiger partial charge in [0.2, 0.25) is 10.0 Å². The van der Waals surface area contributed by atoms with Crippen molar-refractivity contribution in [2.75, 3.05) is 26.0 Å². The normalized spacial score (nSPS) is 10.8. The van der Waals surface area contributed by atoms with E-state index in [0.717, 1.165) is 4.31 Å². The number of pyridine rings is 1. The summed E-state index contributed by atoms with van der Waals surface area (Å²) in [6.07, 6.45) is 1.33. The standard InChI is InChI=1S/C11H15N3O2S/c1-4-5-8-12-11-7-6-10(9-13-11)17(15,16)14(2)3/h6-7,9H,8H2,1-3H3,(H,12,13). The number of hydrogen-bond acceptors (Lipinski definition) is 4. The topological polar surface area (TPSA) is 62.3 Å². The summed E-state index contributed by atoms with van der Waals surface area (Å²) in [5.74, 6) is 6.18. The van der Waals surface area contributed by atoms with Crippen LogP contribution in [-0.4, -0.2) is 38.3 Å². The van der Waals surface area contributed by atoms with Crippen molar-refractivity contribution in [3.8, 4) is 11.8 Å². The van der Waals surface area contributed by atoms with Gasteiger partial charge in [0.05, 0.1) is 6.54 Å². The molecule has 1 aromatic rings. The van der Waals surface area contributed by atoms with E-state index in [2.05, 4.69) is 22.1 Å². The minimum absolute atomic E-state index is 0.176. The molecule has 0 aliphatic carbocycles. The van der Waals surface area contributed by atoms with Crippen LogP contribution in [0.3, 0.4) is 0 Å². The van der Waals surface area contributed by atoms with Crippen LogP contribution in [0.25, 0.3) is 0 Å². The monoisotopic (exact) mass is 253 g/mol. The first-order chi connectivity index (χ1) is 7.98. The quantitative estimate of drug-likeness (QED) is 0.805. The van der Waals surface area contributed by atoms with Crippen molar-refractivity contribution < 1.29 is 8.42 Å². The third-order valence-corrected chi connectivity index (χ3v) is 3.85. The molecule has 17 heavy (non-hydrogen) atoms. The summed E-state index contributed by atoms with van der Waals surface area (Å²) in [7, 11) is -0.435.